The fraction of sp³-hybridized carbons (Fsp3) is 0.208. The number of fused-ring (bicyclic) bond motifs is 1. The maximum atomic E-state index is 14.7. The van der Waals surface area contributed by atoms with Crippen molar-refractivity contribution < 1.29 is 9.18 Å². The third-order valence-electron chi connectivity index (χ3n) is 5.13. The number of halogens is 1. The van der Waals surface area contributed by atoms with Gasteiger partial charge in [0, 0.05) is 34.8 Å². The molecule has 0 saturated heterocycles. The highest BCUT2D eigenvalue weighted by Gasteiger charge is 2.15. The fourth-order valence-corrected chi connectivity index (χ4v) is 3.34. The highest BCUT2D eigenvalue weighted by Crippen LogP contribution is 2.26. The third-order valence-corrected chi connectivity index (χ3v) is 5.13. The van der Waals surface area contributed by atoms with Gasteiger partial charge in [0.15, 0.2) is 0 Å². The summed E-state index contributed by atoms with van der Waals surface area (Å²) in [6.07, 6.45) is 3.22. The molecular weight excluding hydrogens is 379 g/mol. The average molecular weight is 402 g/mol. The van der Waals surface area contributed by atoms with Crippen LogP contribution in [0.4, 0.5) is 4.39 Å². The first kappa shape index (κ1) is 19.8. The van der Waals surface area contributed by atoms with Crippen molar-refractivity contribution in [3.05, 3.63) is 83.6 Å². The summed E-state index contributed by atoms with van der Waals surface area (Å²) >= 11 is 0. The number of carbonyl (C=O) groups is 1. The first-order valence-electron chi connectivity index (χ1n) is 9.78. The second-order valence-corrected chi connectivity index (χ2v) is 8.28. The van der Waals surface area contributed by atoms with E-state index in [1.54, 1.807) is 30.5 Å². The molecule has 6 heteroatoms. The van der Waals surface area contributed by atoms with Crippen molar-refractivity contribution in [3.8, 4) is 11.3 Å². The molecule has 0 fully saturated rings. The molecule has 0 aliphatic heterocycles. The van der Waals surface area contributed by atoms with Crippen molar-refractivity contribution in [1.29, 1.82) is 0 Å². The van der Waals surface area contributed by atoms with E-state index in [4.69, 9.17) is 0 Å². The lowest BCUT2D eigenvalue weighted by molar-refractivity contribution is 0.0950. The first-order valence-corrected chi connectivity index (χ1v) is 9.78. The number of amides is 1. The van der Waals surface area contributed by atoms with Crippen LogP contribution in [0.25, 0.3) is 22.3 Å². The number of rotatable bonds is 4. The Bertz CT molecular complexity index is 1210. The fourth-order valence-electron chi connectivity index (χ4n) is 3.34. The van der Waals surface area contributed by atoms with Crippen LogP contribution in [0.5, 0.6) is 0 Å². The highest BCUT2D eigenvalue weighted by atomic mass is 19.1. The molecule has 0 bridgehead atoms. The van der Waals surface area contributed by atoms with Gasteiger partial charge in [0.1, 0.15) is 17.8 Å². The van der Waals surface area contributed by atoms with E-state index in [1.807, 2.05) is 18.2 Å². The van der Waals surface area contributed by atoms with Crippen LogP contribution in [0.3, 0.4) is 0 Å². The van der Waals surface area contributed by atoms with E-state index >= 15 is 0 Å². The van der Waals surface area contributed by atoms with Gasteiger partial charge < -0.3 is 10.3 Å². The molecular formula is C24H23FN4O. The van der Waals surface area contributed by atoms with Crippen LogP contribution in [0.15, 0.2) is 61.1 Å². The molecule has 0 radical (unpaired) electrons. The minimum Gasteiger partial charge on any atom is -0.348 e. The monoisotopic (exact) mass is 402 g/mol. The molecule has 0 unspecified atom stereocenters. The molecule has 0 aliphatic rings. The van der Waals surface area contributed by atoms with Gasteiger partial charge in [-0.3, -0.25) is 4.79 Å². The SMILES string of the molecule is CC(C)(C)c1ccc(C(=O)NCc2ccc(-c3ncnc4[nH]ccc34)cc2F)cc1. The number of hydrogen-bond acceptors (Lipinski definition) is 3. The first-order chi connectivity index (χ1) is 14.3. The maximum Gasteiger partial charge on any atom is 0.251 e. The lowest BCUT2D eigenvalue weighted by Crippen LogP contribution is -2.23. The molecule has 1 amide bonds. The summed E-state index contributed by atoms with van der Waals surface area (Å²) in [6, 6.07) is 14.3. The van der Waals surface area contributed by atoms with Gasteiger partial charge in [-0.1, -0.05) is 45.0 Å². The number of H-pyrrole nitrogens is 1. The topological polar surface area (TPSA) is 70.7 Å². The van der Waals surface area contributed by atoms with Crippen molar-refractivity contribution in [2.75, 3.05) is 0 Å². The lowest BCUT2D eigenvalue weighted by atomic mass is 9.87. The van der Waals surface area contributed by atoms with Crippen LogP contribution in [0.2, 0.25) is 0 Å². The molecule has 152 valence electrons. The van der Waals surface area contributed by atoms with Gasteiger partial charge in [0.05, 0.1) is 5.69 Å². The minimum absolute atomic E-state index is 0.0233. The summed E-state index contributed by atoms with van der Waals surface area (Å²) in [4.78, 5) is 23.9. The van der Waals surface area contributed by atoms with E-state index in [2.05, 4.69) is 41.0 Å². The smallest absolute Gasteiger partial charge is 0.251 e. The summed E-state index contributed by atoms with van der Waals surface area (Å²) in [7, 11) is 0. The Kier molecular flexibility index (Phi) is 5.08. The van der Waals surface area contributed by atoms with Crippen LogP contribution in [0.1, 0.15) is 42.3 Å². The van der Waals surface area contributed by atoms with E-state index in [-0.39, 0.29) is 17.9 Å². The van der Waals surface area contributed by atoms with Crippen LogP contribution < -0.4 is 5.32 Å². The number of aromatic nitrogens is 3. The van der Waals surface area contributed by atoms with Gasteiger partial charge in [-0.05, 0) is 35.2 Å². The van der Waals surface area contributed by atoms with E-state index in [0.717, 1.165) is 10.9 Å². The molecule has 30 heavy (non-hydrogen) atoms. The zero-order chi connectivity index (χ0) is 21.3. The standard InChI is InChI=1S/C24H23FN4O/c1-24(2,3)18-8-6-15(7-9-18)23(30)27-13-17-5-4-16(12-20(17)25)21-19-10-11-26-22(19)29-14-28-21/h4-12,14H,13H2,1-3H3,(H,27,30)(H,26,28,29). The quantitative estimate of drug-likeness (QED) is 0.505. The molecule has 2 N–H and O–H groups in total. The minimum atomic E-state index is -0.391. The van der Waals surface area contributed by atoms with Crippen molar-refractivity contribution in [1.82, 2.24) is 20.3 Å². The summed E-state index contributed by atoms with van der Waals surface area (Å²) in [5.41, 5.74) is 4.17. The zero-order valence-electron chi connectivity index (χ0n) is 17.2. The summed E-state index contributed by atoms with van der Waals surface area (Å²) in [6.45, 7) is 6.47. The molecule has 5 nitrogen and oxygen atoms in total. The Morgan fingerprint density at radius 3 is 2.53 bits per heavy atom. The number of carbonyl (C=O) groups excluding carboxylic acids is 1. The maximum absolute atomic E-state index is 14.7. The second-order valence-electron chi connectivity index (χ2n) is 8.28. The predicted molar refractivity (Wildman–Crippen MR) is 116 cm³/mol. The normalized spacial score (nSPS) is 11.6. The molecule has 0 aliphatic carbocycles. The van der Waals surface area contributed by atoms with Crippen LogP contribution >= 0.6 is 0 Å². The van der Waals surface area contributed by atoms with E-state index < -0.39 is 5.82 Å². The number of nitrogens with one attached hydrogen (secondary N) is 2. The number of nitrogens with zero attached hydrogens (tertiary/aromatic N) is 2. The Morgan fingerprint density at radius 2 is 1.83 bits per heavy atom. The van der Waals surface area contributed by atoms with E-state index in [0.29, 0.717) is 28.0 Å². The van der Waals surface area contributed by atoms with E-state index in [9.17, 15) is 9.18 Å². The van der Waals surface area contributed by atoms with Gasteiger partial charge in [0.2, 0.25) is 0 Å². The number of hydrogen-bond donors (Lipinski definition) is 2. The zero-order valence-corrected chi connectivity index (χ0v) is 17.2. The van der Waals surface area contributed by atoms with Gasteiger partial charge in [-0.15, -0.1) is 0 Å². The largest absolute Gasteiger partial charge is 0.348 e. The van der Waals surface area contributed by atoms with Gasteiger partial charge in [-0.25, -0.2) is 14.4 Å². The summed E-state index contributed by atoms with van der Waals surface area (Å²) < 4.78 is 14.7. The van der Waals surface area contributed by atoms with Crippen LogP contribution in [-0.4, -0.2) is 20.9 Å². The number of aromatic amines is 1. The number of benzene rings is 2. The Labute approximate surface area is 174 Å². The predicted octanol–water partition coefficient (Wildman–Crippen LogP) is 4.99. The van der Waals surface area contributed by atoms with Crippen LogP contribution in [0, 0.1) is 5.82 Å². The molecule has 2 heterocycles. The molecule has 4 rings (SSSR count). The molecule has 0 spiro atoms. The second kappa shape index (κ2) is 7.71. The van der Waals surface area contributed by atoms with Crippen molar-refractivity contribution >= 4 is 16.9 Å². The highest BCUT2D eigenvalue weighted by molar-refractivity contribution is 5.94. The van der Waals surface area contributed by atoms with Crippen molar-refractivity contribution in [2.24, 2.45) is 0 Å². The molecule has 0 atom stereocenters. The summed E-state index contributed by atoms with van der Waals surface area (Å²) in [5, 5.41) is 3.62. The molecule has 4 aromatic rings. The molecule has 0 saturated carbocycles. The Balaban J connectivity index is 1.48. The van der Waals surface area contributed by atoms with E-state index in [1.165, 1.54) is 12.4 Å². The van der Waals surface area contributed by atoms with Gasteiger partial charge in [-0.2, -0.15) is 0 Å². The third kappa shape index (κ3) is 3.94. The van der Waals surface area contributed by atoms with Crippen LogP contribution in [-0.2, 0) is 12.0 Å². The summed E-state index contributed by atoms with van der Waals surface area (Å²) in [5.74, 6) is -0.623. The Morgan fingerprint density at radius 1 is 1.07 bits per heavy atom. The molecule has 2 aromatic heterocycles. The lowest BCUT2D eigenvalue weighted by Gasteiger charge is -2.19. The molecule has 2 aromatic carbocycles. The van der Waals surface area contributed by atoms with Crippen molar-refractivity contribution in [2.45, 2.75) is 32.7 Å². The average Bonchev–Trinajstić information content (AvgIpc) is 3.21. The van der Waals surface area contributed by atoms with Gasteiger partial charge >= 0.3 is 0 Å². The Hall–Kier alpha value is -3.54. The van der Waals surface area contributed by atoms with Crippen molar-refractivity contribution in [3.63, 3.8) is 0 Å². The van der Waals surface area contributed by atoms with Gasteiger partial charge in [0.25, 0.3) is 5.91 Å².